The highest BCUT2D eigenvalue weighted by atomic mass is 35.5. The van der Waals surface area contributed by atoms with Crippen molar-refractivity contribution in [3.8, 4) is 35.7 Å². The molecule has 0 aliphatic carbocycles. The summed E-state index contributed by atoms with van der Waals surface area (Å²) >= 11 is 12.4. The molecule has 2 aromatic rings. The molecule has 2 rings (SSSR count). The van der Waals surface area contributed by atoms with Gasteiger partial charge in [0.1, 0.15) is 6.61 Å². The van der Waals surface area contributed by atoms with Gasteiger partial charge in [-0.3, -0.25) is 0 Å². The Bertz CT molecular complexity index is 901. The zero-order chi connectivity index (χ0) is 19.1. The van der Waals surface area contributed by atoms with Crippen LogP contribution in [0, 0.1) is 23.7 Å². The summed E-state index contributed by atoms with van der Waals surface area (Å²) in [6.07, 6.45) is 6.84. The van der Waals surface area contributed by atoms with Gasteiger partial charge >= 0.3 is 0 Å². The van der Waals surface area contributed by atoms with Crippen LogP contribution in [0.3, 0.4) is 0 Å². The number of hydrogen-bond acceptors (Lipinski definition) is 4. The number of benzene rings is 2. The van der Waals surface area contributed by atoms with Crippen molar-refractivity contribution in [2.24, 2.45) is 0 Å². The molecule has 0 aromatic heterocycles. The van der Waals surface area contributed by atoms with Gasteiger partial charge in [0.2, 0.25) is 0 Å². The van der Waals surface area contributed by atoms with E-state index >= 15 is 0 Å². The van der Waals surface area contributed by atoms with Crippen LogP contribution in [-0.2, 0) is 0 Å². The molecule has 0 fully saturated rings. The molecule has 0 aliphatic rings. The van der Waals surface area contributed by atoms with E-state index in [1.807, 2.05) is 0 Å². The van der Waals surface area contributed by atoms with Crippen molar-refractivity contribution in [1.82, 2.24) is 0 Å². The third-order valence-electron chi connectivity index (χ3n) is 3.45. The molecule has 0 unspecified atom stereocenters. The van der Waals surface area contributed by atoms with Gasteiger partial charge in [-0.2, -0.15) is 5.26 Å². The molecule has 0 radical (unpaired) electrons. The minimum Gasteiger partial charge on any atom is -0.493 e. The first-order valence-electron chi connectivity index (χ1n) is 7.43. The highest BCUT2D eigenvalue weighted by Gasteiger charge is 2.11. The molecule has 0 spiro atoms. The number of rotatable bonds is 6. The fourth-order valence-electron chi connectivity index (χ4n) is 2.27. The van der Waals surface area contributed by atoms with Gasteiger partial charge in [-0.25, -0.2) is 0 Å². The number of hydrogen-bond donors (Lipinski definition) is 0. The van der Waals surface area contributed by atoms with Crippen LogP contribution in [0.2, 0.25) is 10.0 Å². The first kappa shape index (κ1) is 19.5. The molecule has 132 valence electrons. The number of ether oxygens (including phenoxy) is 3. The molecular weight excluding hydrogens is 373 g/mol. The van der Waals surface area contributed by atoms with Crippen LogP contribution in [0.5, 0.6) is 17.2 Å². The average Bonchev–Trinajstić information content (AvgIpc) is 2.65. The molecule has 4 nitrogen and oxygen atoms in total. The second-order valence-electron chi connectivity index (χ2n) is 5.05. The Morgan fingerprint density at radius 2 is 1.77 bits per heavy atom. The summed E-state index contributed by atoms with van der Waals surface area (Å²) in [7, 11) is 3.08. The van der Waals surface area contributed by atoms with Gasteiger partial charge in [-0.15, -0.1) is 6.42 Å². The number of nitrogens with zero attached hydrogens (tertiary/aromatic N) is 1. The fourth-order valence-corrected chi connectivity index (χ4v) is 2.88. The van der Waals surface area contributed by atoms with Crippen LogP contribution in [0.25, 0.3) is 11.6 Å². The number of halogens is 2. The molecule has 0 heterocycles. The lowest BCUT2D eigenvalue weighted by Crippen LogP contribution is -1.95. The zero-order valence-electron chi connectivity index (χ0n) is 14.2. The van der Waals surface area contributed by atoms with Gasteiger partial charge in [0.05, 0.1) is 35.9 Å². The van der Waals surface area contributed by atoms with Crippen molar-refractivity contribution < 1.29 is 14.2 Å². The second-order valence-corrected chi connectivity index (χ2v) is 5.86. The molecule has 0 bridgehead atoms. The Hall–Kier alpha value is -2.79. The Balaban J connectivity index is 2.44. The summed E-state index contributed by atoms with van der Waals surface area (Å²) in [5.74, 6) is 3.77. The molecule has 26 heavy (non-hydrogen) atoms. The summed E-state index contributed by atoms with van der Waals surface area (Å²) in [6, 6.07) is 10.7. The molecule has 0 saturated heterocycles. The van der Waals surface area contributed by atoms with E-state index in [2.05, 4.69) is 12.0 Å². The van der Waals surface area contributed by atoms with Crippen molar-refractivity contribution in [3.05, 3.63) is 51.5 Å². The van der Waals surface area contributed by atoms with Crippen LogP contribution in [-0.4, -0.2) is 20.8 Å². The van der Waals surface area contributed by atoms with Gasteiger partial charge in [-0.1, -0.05) is 29.1 Å². The van der Waals surface area contributed by atoms with Crippen LogP contribution >= 0.6 is 23.2 Å². The van der Waals surface area contributed by atoms with E-state index in [4.69, 9.17) is 43.8 Å². The maximum atomic E-state index is 9.54. The Morgan fingerprint density at radius 1 is 1.12 bits per heavy atom. The second kappa shape index (κ2) is 9.06. The fraction of sp³-hybridized carbons (Fsp3) is 0.150. The lowest BCUT2D eigenvalue weighted by atomic mass is 10.0. The van der Waals surface area contributed by atoms with Crippen molar-refractivity contribution in [2.75, 3.05) is 20.8 Å². The highest BCUT2D eigenvalue weighted by molar-refractivity contribution is 6.37. The monoisotopic (exact) mass is 387 g/mol. The van der Waals surface area contributed by atoms with Gasteiger partial charge in [0, 0.05) is 0 Å². The quantitative estimate of drug-likeness (QED) is 0.393. The molecule has 0 saturated carbocycles. The minimum absolute atomic E-state index is 0.0592. The van der Waals surface area contributed by atoms with Crippen molar-refractivity contribution in [3.63, 3.8) is 0 Å². The lowest BCUT2D eigenvalue weighted by molar-refractivity contribution is 0.355. The van der Waals surface area contributed by atoms with Crippen LogP contribution < -0.4 is 14.2 Å². The SMILES string of the molecule is C#CCOc1c(Cl)cc(/C=C(\C#N)c2ccc(OC)c(OC)c2)cc1Cl. The normalized spacial score (nSPS) is 10.6. The Kier molecular flexibility index (Phi) is 6.81. The summed E-state index contributed by atoms with van der Waals surface area (Å²) in [5.41, 5.74) is 1.74. The Morgan fingerprint density at radius 3 is 2.31 bits per heavy atom. The molecular formula is C20H15Cl2NO3. The molecule has 2 aromatic carbocycles. The number of methoxy groups -OCH3 is 2. The molecule has 0 amide bonds. The van der Waals surface area contributed by atoms with Crippen LogP contribution in [0.1, 0.15) is 11.1 Å². The van der Waals surface area contributed by atoms with E-state index in [0.29, 0.717) is 44.0 Å². The van der Waals surface area contributed by atoms with Gasteiger partial charge in [-0.05, 0) is 47.5 Å². The standard InChI is InChI=1S/C20H15Cl2NO3/c1-4-7-26-20-16(21)9-13(10-17(20)22)8-15(12-23)14-5-6-18(24-2)19(11-14)25-3/h1,5-6,8-11H,7H2,2-3H3/b15-8+. The van der Waals surface area contributed by atoms with E-state index < -0.39 is 0 Å². The topological polar surface area (TPSA) is 51.5 Å². The molecule has 0 atom stereocenters. The first-order chi connectivity index (χ1) is 12.5. The van der Waals surface area contributed by atoms with Crippen LogP contribution in [0.4, 0.5) is 0 Å². The smallest absolute Gasteiger partial charge is 0.161 e. The van der Waals surface area contributed by atoms with E-state index in [-0.39, 0.29) is 6.61 Å². The minimum atomic E-state index is 0.0592. The van der Waals surface area contributed by atoms with E-state index in [1.54, 1.807) is 43.5 Å². The van der Waals surface area contributed by atoms with Gasteiger partial charge in [0.15, 0.2) is 17.2 Å². The van der Waals surface area contributed by atoms with Gasteiger partial charge < -0.3 is 14.2 Å². The van der Waals surface area contributed by atoms with Gasteiger partial charge in [0.25, 0.3) is 0 Å². The van der Waals surface area contributed by atoms with Crippen LogP contribution in [0.15, 0.2) is 30.3 Å². The third-order valence-corrected chi connectivity index (χ3v) is 4.01. The van der Waals surface area contributed by atoms with E-state index in [9.17, 15) is 5.26 Å². The predicted octanol–water partition coefficient (Wildman–Crippen LogP) is 5.09. The summed E-state index contributed by atoms with van der Waals surface area (Å²) in [5, 5.41) is 10.2. The van der Waals surface area contributed by atoms with E-state index in [1.165, 1.54) is 7.11 Å². The van der Waals surface area contributed by atoms with Crippen molar-refractivity contribution in [1.29, 1.82) is 5.26 Å². The lowest BCUT2D eigenvalue weighted by Gasteiger charge is -2.10. The maximum Gasteiger partial charge on any atom is 0.161 e. The number of allylic oxidation sites excluding steroid dienone is 1. The highest BCUT2D eigenvalue weighted by Crippen LogP contribution is 2.36. The Labute approximate surface area is 162 Å². The van der Waals surface area contributed by atoms with Crippen molar-refractivity contribution >= 4 is 34.9 Å². The number of nitriles is 1. The molecule has 0 aliphatic heterocycles. The zero-order valence-corrected chi connectivity index (χ0v) is 15.7. The average molecular weight is 388 g/mol. The molecule has 6 heteroatoms. The first-order valence-corrected chi connectivity index (χ1v) is 8.19. The van der Waals surface area contributed by atoms with Crippen molar-refractivity contribution in [2.45, 2.75) is 0 Å². The molecule has 0 N–H and O–H groups in total. The maximum absolute atomic E-state index is 9.54. The summed E-state index contributed by atoms with van der Waals surface area (Å²) in [6.45, 7) is 0.0592. The number of terminal acetylenes is 1. The predicted molar refractivity (Wildman–Crippen MR) is 104 cm³/mol. The summed E-state index contributed by atoms with van der Waals surface area (Å²) < 4.78 is 15.8. The summed E-state index contributed by atoms with van der Waals surface area (Å²) in [4.78, 5) is 0. The largest absolute Gasteiger partial charge is 0.493 e. The third kappa shape index (κ3) is 4.43. The van der Waals surface area contributed by atoms with E-state index in [0.717, 1.165) is 0 Å².